The maximum atomic E-state index is 12.8. The van der Waals surface area contributed by atoms with Crippen LogP contribution >= 0.6 is 23.4 Å². The number of ketones is 1. The average Bonchev–Trinajstić information content (AvgIpc) is 2.70. The van der Waals surface area contributed by atoms with Crippen LogP contribution in [0.4, 0.5) is 0 Å². The van der Waals surface area contributed by atoms with Gasteiger partial charge in [0, 0.05) is 17.1 Å². The molecule has 0 bridgehead atoms. The van der Waals surface area contributed by atoms with Gasteiger partial charge in [0.1, 0.15) is 5.75 Å². The Kier molecular flexibility index (Phi) is 6.54. The van der Waals surface area contributed by atoms with Crippen LogP contribution < -0.4 is 10.3 Å². The van der Waals surface area contributed by atoms with Crippen LogP contribution in [0.25, 0.3) is 10.9 Å². The minimum absolute atomic E-state index is 0.0522. The molecule has 0 aliphatic heterocycles. The Balaban J connectivity index is 1.85. The number of carbonyl (C=O) groups excluding carboxylic acids is 1. The molecule has 3 rings (SSSR count). The Morgan fingerprint density at radius 2 is 2.04 bits per heavy atom. The van der Waals surface area contributed by atoms with Gasteiger partial charge in [0.2, 0.25) is 0 Å². The second-order valence-corrected chi connectivity index (χ2v) is 7.31. The molecule has 0 N–H and O–H groups in total. The molecule has 0 aliphatic carbocycles. The zero-order valence-corrected chi connectivity index (χ0v) is 16.9. The van der Waals surface area contributed by atoms with Gasteiger partial charge in [-0.15, -0.1) is 6.58 Å². The highest BCUT2D eigenvalue weighted by molar-refractivity contribution is 7.99. The molecule has 0 spiro atoms. The molecule has 1 aromatic heterocycles. The van der Waals surface area contributed by atoms with Crippen LogP contribution in [-0.4, -0.2) is 27.7 Å². The predicted molar refractivity (Wildman–Crippen MR) is 114 cm³/mol. The first kappa shape index (κ1) is 20.2. The van der Waals surface area contributed by atoms with E-state index in [2.05, 4.69) is 11.6 Å². The number of Topliss-reactive ketones (excluding diaryl/α,β-unsaturated/α-hetero) is 1. The SMILES string of the molecule is C=CCn1c(SCC(=O)c2ccc(OCC)cc2)nc2ccc(Cl)cc2c1=O. The molecule has 3 aromatic rings. The summed E-state index contributed by atoms with van der Waals surface area (Å²) in [5.41, 5.74) is 0.926. The number of hydrogen-bond acceptors (Lipinski definition) is 5. The van der Waals surface area contributed by atoms with Gasteiger partial charge < -0.3 is 4.74 Å². The Hall–Kier alpha value is -2.57. The highest BCUT2D eigenvalue weighted by Crippen LogP contribution is 2.22. The quantitative estimate of drug-likeness (QED) is 0.233. The zero-order chi connectivity index (χ0) is 20.1. The van der Waals surface area contributed by atoms with Gasteiger partial charge in [0.15, 0.2) is 10.9 Å². The molecule has 7 heteroatoms. The fraction of sp³-hybridized carbons (Fsp3) is 0.190. The van der Waals surface area contributed by atoms with Crippen molar-refractivity contribution in [3.8, 4) is 5.75 Å². The van der Waals surface area contributed by atoms with E-state index in [-0.39, 0.29) is 17.1 Å². The molecule has 28 heavy (non-hydrogen) atoms. The van der Waals surface area contributed by atoms with Crippen molar-refractivity contribution in [2.75, 3.05) is 12.4 Å². The molecule has 0 saturated heterocycles. The van der Waals surface area contributed by atoms with E-state index in [1.54, 1.807) is 48.5 Å². The summed E-state index contributed by atoms with van der Waals surface area (Å²) in [6.07, 6.45) is 1.62. The molecule has 5 nitrogen and oxygen atoms in total. The van der Waals surface area contributed by atoms with E-state index in [0.29, 0.717) is 39.8 Å². The smallest absolute Gasteiger partial charge is 0.262 e. The third-order valence-corrected chi connectivity index (χ3v) is 5.22. The van der Waals surface area contributed by atoms with Crippen LogP contribution in [-0.2, 0) is 6.54 Å². The highest BCUT2D eigenvalue weighted by Gasteiger charge is 2.14. The molecular weight excluding hydrogens is 396 g/mol. The maximum Gasteiger partial charge on any atom is 0.262 e. The third kappa shape index (κ3) is 4.46. The van der Waals surface area contributed by atoms with Crippen LogP contribution in [0.1, 0.15) is 17.3 Å². The van der Waals surface area contributed by atoms with Crippen molar-refractivity contribution in [3.05, 3.63) is 76.1 Å². The number of thioether (sulfide) groups is 1. The van der Waals surface area contributed by atoms with Crippen LogP contribution in [0.5, 0.6) is 5.75 Å². The van der Waals surface area contributed by atoms with Crippen molar-refractivity contribution in [2.45, 2.75) is 18.6 Å². The van der Waals surface area contributed by atoms with E-state index in [1.165, 1.54) is 16.3 Å². The first-order valence-corrected chi connectivity index (χ1v) is 10.1. The van der Waals surface area contributed by atoms with Gasteiger partial charge in [-0.2, -0.15) is 0 Å². The van der Waals surface area contributed by atoms with Crippen molar-refractivity contribution >= 4 is 40.0 Å². The molecule has 144 valence electrons. The zero-order valence-electron chi connectivity index (χ0n) is 15.4. The number of benzene rings is 2. The van der Waals surface area contributed by atoms with E-state index < -0.39 is 0 Å². The molecule has 0 amide bonds. The van der Waals surface area contributed by atoms with E-state index in [1.807, 2.05) is 6.92 Å². The minimum atomic E-state index is -0.205. The van der Waals surface area contributed by atoms with E-state index in [0.717, 1.165) is 5.75 Å². The first-order valence-electron chi connectivity index (χ1n) is 8.73. The van der Waals surface area contributed by atoms with Crippen molar-refractivity contribution in [1.29, 1.82) is 0 Å². The number of aromatic nitrogens is 2. The monoisotopic (exact) mass is 414 g/mol. The predicted octanol–water partition coefficient (Wildman–Crippen LogP) is 4.61. The largest absolute Gasteiger partial charge is 0.494 e. The van der Waals surface area contributed by atoms with Crippen LogP contribution in [0.3, 0.4) is 0 Å². The number of carbonyl (C=O) groups is 1. The highest BCUT2D eigenvalue weighted by atomic mass is 35.5. The molecule has 0 saturated carbocycles. The van der Waals surface area contributed by atoms with Gasteiger partial charge in [0.25, 0.3) is 5.56 Å². The fourth-order valence-corrected chi connectivity index (χ4v) is 3.77. The standard InChI is InChI=1S/C21H19ClN2O3S/c1-3-11-24-20(26)17-12-15(22)7-10-18(17)23-21(24)28-13-19(25)14-5-8-16(9-6-14)27-4-2/h3,5-10,12H,1,4,11,13H2,2H3. The van der Waals surface area contributed by atoms with Gasteiger partial charge in [0.05, 0.1) is 23.3 Å². The summed E-state index contributed by atoms with van der Waals surface area (Å²) >= 11 is 7.23. The molecule has 2 aromatic carbocycles. The Bertz CT molecular complexity index is 1080. The lowest BCUT2D eigenvalue weighted by Crippen LogP contribution is -2.23. The van der Waals surface area contributed by atoms with Gasteiger partial charge >= 0.3 is 0 Å². The Labute approximate surface area is 172 Å². The summed E-state index contributed by atoms with van der Waals surface area (Å²) in [7, 11) is 0. The molecule has 0 aliphatic rings. The van der Waals surface area contributed by atoms with Crippen molar-refractivity contribution < 1.29 is 9.53 Å². The average molecular weight is 415 g/mol. The van der Waals surface area contributed by atoms with Gasteiger partial charge in [-0.3, -0.25) is 14.2 Å². The molecule has 0 unspecified atom stereocenters. The lowest BCUT2D eigenvalue weighted by molar-refractivity contribution is 0.102. The van der Waals surface area contributed by atoms with Crippen LogP contribution in [0.2, 0.25) is 5.02 Å². The lowest BCUT2D eigenvalue weighted by Gasteiger charge is -2.11. The number of allylic oxidation sites excluding steroid dienone is 1. The first-order chi connectivity index (χ1) is 13.5. The summed E-state index contributed by atoms with van der Waals surface area (Å²) in [5, 5.41) is 1.39. The number of halogens is 1. The fourth-order valence-electron chi connectivity index (χ4n) is 2.69. The number of rotatable bonds is 8. The van der Waals surface area contributed by atoms with Crippen molar-refractivity contribution in [3.63, 3.8) is 0 Å². The van der Waals surface area contributed by atoms with Crippen LogP contribution in [0, 0.1) is 0 Å². The van der Waals surface area contributed by atoms with E-state index in [4.69, 9.17) is 16.3 Å². The van der Waals surface area contributed by atoms with Crippen LogP contribution in [0.15, 0.2) is 65.1 Å². The summed E-state index contributed by atoms with van der Waals surface area (Å²) < 4.78 is 6.89. The third-order valence-electron chi connectivity index (χ3n) is 4.01. The van der Waals surface area contributed by atoms with Gasteiger partial charge in [-0.1, -0.05) is 29.4 Å². The molecule has 0 atom stereocenters. The molecule has 0 fully saturated rings. The van der Waals surface area contributed by atoms with Crippen molar-refractivity contribution in [2.24, 2.45) is 0 Å². The number of hydrogen-bond donors (Lipinski definition) is 0. The Morgan fingerprint density at radius 1 is 1.29 bits per heavy atom. The lowest BCUT2D eigenvalue weighted by atomic mass is 10.1. The van der Waals surface area contributed by atoms with Gasteiger partial charge in [-0.05, 0) is 49.4 Å². The summed E-state index contributed by atoms with van der Waals surface area (Å²) in [5.74, 6) is 0.835. The molecular formula is C21H19ClN2O3S. The van der Waals surface area contributed by atoms with Crippen molar-refractivity contribution in [1.82, 2.24) is 9.55 Å². The van der Waals surface area contributed by atoms with E-state index >= 15 is 0 Å². The summed E-state index contributed by atoms with van der Waals surface area (Å²) in [6, 6.07) is 12.0. The van der Waals surface area contributed by atoms with E-state index in [9.17, 15) is 9.59 Å². The number of fused-ring (bicyclic) bond motifs is 1. The molecule has 1 heterocycles. The topological polar surface area (TPSA) is 61.2 Å². The summed E-state index contributed by atoms with van der Waals surface area (Å²) in [4.78, 5) is 29.9. The minimum Gasteiger partial charge on any atom is -0.494 e. The van der Waals surface area contributed by atoms with Gasteiger partial charge in [-0.25, -0.2) is 4.98 Å². The summed E-state index contributed by atoms with van der Waals surface area (Å²) in [6.45, 7) is 6.48. The second kappa shape index (κ2) is 9.08. The second-order valence-electron chi connectivity index (χ2n) is 5.93. The number of ether oxygens (including phenoxy) is 1. The maximum absolute atomic E-state index is 12.8. The number of nitrogens with zero attached hydrogens (tertiary/aromatic N) is 2. The molecule has 0 radical (unpaired) electrons. The Morgan fingerprint density at radius 3 is 2.71 bits per heavy atom. The normalized spacial score (nSPS) is 10.8.